The van der Waals surface area contributed by atoms with E-state index >= 15 is 0 Å². The molecule has 1 saturated heterocycles. The van der Waals surface area contributed by atoms with Crippen LogP contribution >= 0.6 is 23.1 Å². The fourth-order valence-corrected chi connectivity index (χ4v) is 5.49. The lowest BCUT2D eigenvalue weighted by Gasteiger charge is -2.15. The number of carbonyl (C=O) groups excluding carboxylic acids is 1. The van der Waals surface area contributed by atoms with E-state index in [-0.39, 0.29) is 23.3 Å². The number of fused-ring (bicyclic) bond motifs is 3. The second-order valence-electron chi connectivity index (χ2n) is 7.28. The molecule has 1 atom stereocenters. The van der Waals surface area contributed by atoms with Crippen molar-refractivity contribution in [2.24, 2.45) is 0 Å². The van der Waals surface area contributed by atoms with Crippen molar-refractivity contribution in [2.45, 2.75) is 30.6 Å². The van der Waals surface area contributed by atoms with Gasteiger partial charge in [0.1, 0.15) is 9.53 Å². The van der Waals surface area contributed by atoms with E-state index in [4.69, 9.17) is 9.72 Å². The van der Waals surface area contributed by atoms with Crippen LogP contribution in [-0.4, -0.2) is 38.9 Å². The Balaban J connectivity index is 1.48. The van der Waals surface area contributed by atoms with Crippen molar-refractivity contribution >= 4 is 55.1 Å². The molecule has 158 valence electrons. The molecule has 0 aliphatic carbocycles. The highest BCUT2D eigenvalue weighted by molar-refractivity contribution is 7.99. The number of para-hydroxylation sites is 1. The molecular weight excluding hydrogens is 432 g/mol. The quantitative estimate of drug-likeness (QED) is 0.353. The summed E-state index contributed by atoms with van der Waals surface area (Å²) in [6.07, 6.45) is 3.61. The summed E-state index contributed by atoms with van der Waals surface area (Å²) in [5.74, 6) is 0.00430. The summed E-state index contributed by atoms with van der Waals surface area (Å²) in [7, 11) is 0. The SMILES string of the molecule is O=C(CSc1nc2c(sc3ncccc32)c(=O)n1C[C@@H]1CCCO1)Nc1ccccc1. The zero-order valence-corrected chi connectivity index (χ0v) is 18.2. The maximum absolute atomic E-state index is 13.4. The number of hydrogen-bond acceptors (Lipinski definition) is 7. The lowest BCUT2D eigenvalue weighted by Crippen LogP contribution is -2.28. The predicted octanol–water partition coefficient (Wildman–Crippen LogP) is 3.92. The van der Waals surface area contributed by atoms with Gasteiger partial charge in [-0.05, 0) is 37.1 Å². The Bertz CT molecular complexity index is 1300. The van der Waals surface area contributed by atoms with Crippen LogP contribution in [0.5, 0.6) is 0 Å². The lowest BCUT2D eigenvalue weighted by molar-refractivity contribution is -0.113. The van der Waals surface area contributed by atoms with E-state index in [2.05, 4.69) is 10.3 Å². The maximum atomic E-state index is 13.4. The second-order valence-corrected chi connectivity index (χ2v) is 9.23. The van der Waals surface area contributed by atoms with Crippen LogP contribution in [0.25, 0.3) is 20.4 Å². The average molecular weight is 453 g/mol. The number of nitrogens with zero attached hydrogens (tertiary/aromatic N) is 3. The Hall–Kier alpha value is -2.75. The Kier molecular flexibility index (Phi) is 5.71. The summed E-state index contributed by atoms with van der Waals surface area (Å²) in [6, 6.07) is 13.1. The second kappa shape index (κ2) is 8.78. The monoisotopic (exact) mass is 452 g/mol. The Morgan fingerprint density at radius 2 is 2.13 bits per heavy atom. The number of anilines is 1. The molecule has 1 aromatic carbocycles. The molecule has 31 heavy (non-hydrogen) atoms. The molecule has 1 aliphatic rings. The summed E-state index contributed by atoms with van der Waals surface area (Å²) in [5.41, 5.74) is 1.28. The van der Waals surface area contributed by atoms with Gasteiger partial charge in [-0.25, -0.2) is 9.97 Å². The van der Waals surface area contributed by atoms with Crippen molar-refractivity contribution in [1.29, 1.82) is 0 Å². The summed E-state index contributed by atoms with van der Waals surface area (Å²) in [5, 5.41) is 4.26. The molecule has 9 heteroatoms. The first-order valence-electron chi connectivity index (χ1n) is 10.1. The Morgan fingerprint density at radius 1 is 1.26 bits per heavy atom. The topological polar surface area (TPSA) is 86.1 Å². The number of nitrogens with one attached hydrogen (secondary N) is 1. The van der Waals surface area contributed by atoms with Crippen LogP contribution in [0.15, 0.2) is 58.6 Å². The zero-order valence-electron chi connectivity index (χ0n) is 16.6. The highest BCUT2D eigenvalue weighted by Gasteiger charge is 2.22. The minimum Gasteiger partial charge on any atom is -0.376 e. The van der Waals surface area contributed by atoms with Gasteiger partial charge >= 0.3 is 0 Å². The minimum absolute atomic E-state index is 0.0121. The Labute approximate surface area is 186 Å². The number of hydrogen-bond donors (Lipinski definition) is 1. The molecule has 5 rings (SSSR count). The molecule has 0 saturated carbocycles. The number of aromatic nitrogens is 3. The molecule has 1 fully saturated rings. The van der Waals surface area contributed by atoms with E-state index < -0.39 is 0 Å². The van der Waals surface area contributed by atoms with E-state index in [0.717, 1.165) is 28.7 Å². The number of thiophene rings is 1. The van der Waals surface area contributed by atoms with Crippen LogP contribution in [0.1, 0.15) is 12.8 Å². The molecule has 4 aromatic rings. The first-order valence-corrected chi connectivity index (χ1v) is 11.9. The fraction of sp³-hybridized carbons (Fsp3) is 0.273. The molecule has 1 N–H and O–H groups in total. The van der Waals surface area contributed by atoms with Crippen molar-refractivity contribution in [3.05, 3.63) is 59.0 Å². The molecular formula is C22H20N4O3S2. The number of benzene rings is 1. The first kappa shape index (κ1) is 20.2. The van der Waals surface area contributed by atoms with Crippen molar-refractivity contribution in [3.63, 3.8) is 0 Å². The van der Waals surface area contributed by atoms with Crippen LogP contribution in [0.2, 0.25) is 0 Å². The molecule has 4 heterocycles. The molecule has 0 spiro atoms. The summed E-state index contributed by atoms with van der Waals surface area (Å²) in [4.78, 5) is 35.8. The van der Waals surface area contributed by atoms with E-state index in [1.54, 1.807) is 10.8 Å². The normalized spacial score (nSPS) is 16.2. The Morgan fingerprint density at radius 3 is 2.94 bits per heavy atom. The van der Waals surface area contributed by atoms with Gasteiger partial charge in [0, 0.05) is 23.9 Å². The zero-order chi connectivity index (χ0) is 21.2. The average Bonchev–Trinajstić information content (AvgIpc) is 3.43. The minimum atomic E-state index is -0.147. The van der Waals surface area contributed by atoms with Gasteiger partial charge in [0.05, 0.1) is 23.9 Å². The molecule has 7 nitrogen and oxygen atoms in total. The van der Waals surface area contributed by atoms with E-state index in [1.807, 2.05) is 42.5 Å². The molecule has 1 aliphatic heterocycles. The summed E-state index contributed by atoms with van der Waals surface area (Å²) < 4.78 is 8.01. The van der Waals surface area contributed by atoms with Gasteiger partial charge in [-0.1, -0.05) is 30.0 Å². The van der Waals surface area contributed by atoms with Crippen molar-refractivity contribution in [3.8, 4) is 0 Å². The highest BCUT2D eigenvalue weighted by Crippen LogP contribution is 2.31. The first-order chi connectivity index (χ1) is 15.2. The van der Waals surface area contributed by atoms with Gasteiger partial charge in [-0.2, -0.15) is 0 Å². The summed E-state index contributed by atoms with van der Waals surface area (Å²) >= 11 is 2.63. The molecule has 3 aromatic heterocycles. The van der Waals surface area contributed by atoms with Gasteiger partial charge in [0.15, 0.2) is 5.16 Å². The largest absolute Gasteiger partial charge is 0.376 e. The number of ether oxygens (including phenoxy) is 1. The van der Waals surface area contributed by atoms with Crippen molar-refractivity contribution in [2.75, 3.05) is 17.7 Å². The van der Waals surface area contributed by atoms with Gasteiger partial charge in [-0.15, -0.1) is 11.3 Å². The van der Waals surface area contributed by atoms with Gasteiger partial charge in [0.25, 0.3) is 5.56 Å². The lowest BCUT2D eigenvalue weighted by atomic mass is 10.2. The third kappa shape index (κ3) is 4.21. The maximum Gasteiger partial charge on any atom is 0.272 e. The third-order valence-corrected chi connectivity index (χ3v) is 7.19. The number of carbonyl (C=O) groups is 1. The highest BCUT2D eigenvalue weighted by atomic mass is 32.2. The van der Waals surface area contributed by atoms with E-state index in [9.17, 15) is 9.59 Å². The van der Waals surface area contributed by atoms with Crippen molar-refractivity contribution < 1.29 is 9.53 Å². The summed E-state index contributed by atoms with van der Waals surface area (Å²) in [6.45, 7) is 1.15. The van der Waals surface area contributed by atoms with Crippen LogP contribution in [0.3, 0.4) is 0 Å². The fourth-order valence-electron chi connectivity index (χ4n) is 3.65. The van der Waals surface area contributed by atoms with Gasteiger partial charge in [0.2, 0.25) is 5.91 Å². The smallest absolute Gasteiger partial charge is 0.272 e. The molecule has 0 radical (unpaired) electrons. The number of thioether (sulfide) groups is 1. The molecule has 0 bridgehead atoms. The van der Waals surface area contributed by atoms with Crippen LogP contribution in [0, 0.1) is 0 Å². The number of rotatable bonds is 6. The number of amides is 1. The predicted molar refractivity (Wildman–Crippen MR) is 124 cm³/mol. The third-order valence-electron chi connectivity index (χ3n) is 5.12. The standard InChI is InChI=1S/C22H20N4O3S2/c27-17(24-14-6-2-1-3-7-14)13-30-22-25-18-16-9-4-10-23-20(16)31-19(18)21(28)26(22)12-15-8-5-11-29-15/h1-4,6-7,9-10,15H,5,8,11-13H2,(H,24,27)/t15-/m0/s1. The van der Waals surface area contributed by atoms with Crippen LogP contribution < -0.4 is 10.9 Å². The van der Waals surface area contributed by atoms with Crippen molar-refractivity contribution in [1.82, 2.24) is 14.5 Å². The van der Waals surface area contributed by atoms with Gasteiger partial charge < -0.3 is 10.1 Å². The number of pyridine rings is 1. The molecule has 0 unspecified atom stereocenters. The van der Waals surface area contributed by atoms with Crippen LogP contribution in [-0.2, 0) is 16.1 Å². The van der Waals surface area contributed by atoms with E-state index in [0.29, 0.717) is 28.5 Å². The van der Waals surface area contributed by atoms with E-state index in [1.165, 1.54) is 23.1 Å². The van der Waals surface area contributed by atoms with Crippen LogP contribution in [0.4, 0.5) is 5.69 Å². The van der Waals surface area contributed by atoms with Gasteiger partial charge in [-0.3, -0.25) is 14.2 Å². The molecule has 1 amide bonds.